The molecule has 1 aromatic heterocycles. The Morgan fingerprint density at radius 1 is 1.27 bits per heavy atom. The van der Waals surface area contributed by atoms with Gasteiger partial charge in [0, 0.05) is 17.0 Å². The number of aromatic amines is 1. The summed E-state index contributed by atoms with van der Waals surface area (Å²) in [6, 6.07) is 6.34. The number of carbonyl (C=O) groups excluding carboxylic acids is 1. The van der Waals surface area contributed by atoms with Crippen LogP contribution in [0.4, 0.5) is 14.5 Å². The van der Waals surface area contributed by atoms with Crippen LogP contribution in [-0.4, -0.2) is 32.6 Å². The molecule has 0 spiro atoms. The summed E-state index contributed by atoms with van der Waals surface area (Å²) in [6.45, 7) is 0. The molecular weight excluding hydrogens is 378 g/mol. The maximum absolute atomic E-state index is 12.3. The maximum atomic E-state index is 12.3. The Balaban J connectivity index is 1.43. The average molecular weight is 399 g/mol. The molecule has 0 radical (unpaired) electrons. The van der Waals surface area contributed by atoms with Crippen LogP contribution >= 0.6 is 23.5 Å². The zero-order chi connectivity index (χ0) is 18.4. The number of benzene rings is 1. The number of nitrogens with one attached hydrogen (secondary N) is 2. The van der Waals surface area contributed by atoms with Gasteiger partial charge in [-0.2, -0.15) is 8.78 Å². The zero-order valence-corrected chi connectivity index (χ0v) is 15.7. The van der Waals surface area contributed by atoms with Crippen molar-refractivity contribution in [1.29, 1.82) is 0 Å². The molecule has 1 saturated carbocycles. The fraction of sp³-hybridized carbons (Fsp3) is 0.471. The van der Waals surface area contributed by atoms with Crippen LogP contribution in [0.2, 0.25) is 0 Å². The third-order valence-electron chi connectivity index (χ3n) is 4.16. The second-order valence-electron chi connectivity index (χ2n) is 6.16. The van der Waals surface area contributed by atoms with Gasteiger partial charge >= 0.3 is 0 Å². The van der Waals surface area contributed by atoms with Crippen LogP contribution in [0.1, 0.15) is 31.5 Å². The second-order valence-corrected chi connectivity index (χ2v) is 8.16. The maximum Gasteiger partial charge on any atom is 0.288 e. The lowest BCUT2D eigenvalue weighted by atomic mass is 10.0. The number of H-pyrrole nitrogens is 1. The molecule has 1 heterocycles. The van der Waals surface area contributed by atoms with Crippen LogP contribution in [-0.2, 0) is 11.2 Å². The summed E-state index contributed by atoms with van der Waals surface area (Å²) in [7, 11) is 0. The lowest BCUT2D eigenvalue weighted by molar-refractivity contribution is -0.113. The molecule has 1 aliphatic carbocycles. The van der Waals surface area contributed by atoms with E-state index in [1.807, 2.05) is 0 Å². The monoisotopic (exact) mass is 398 g/mol. The summed E-state index contributed by atoms with van der Waals surface area (Å²) in [5.41, 5.74) is 0.575. The van der Waals surface area contributed by atoms with Crippen molar-refractivity contribution < 1.29 is 13.6 Å². The molecule has 0 atom stereocenters. The van der Waals surface area contributed by atoms with Gasteiger partial charge in [-0.05, 0) is 30.2 Å². The number of alkyl halides is 2. The molecule has 0 aliphatic heterocycles. The first-order chi connectivity index (χ1) is 12.6. The summed E-state index contributed by atoms with van der Waals surface area (Å²) < 4.78 is 24.6. The van der Waals surface area contributed by atoms with Crippen LogP contribution in [0.3, 0.4) is 0 Å². The van der Waals surface area contributed by atoms with E-state index in [1.54, 1.807) is 24.3 Å². The van der Waals surface area contributed by atoms with E-state index in [9.17, 15) is 13.6 Å². The summed E-state index contributed by atoms with van der Waals surface area (Å²) in [5, 5.41) is 10.4. The number of amides is 1. The van der Waals surface area contributed by atoms with Gasteiger partial charge in [-0.1, -0.05) is 49.2 Å². The number of carbonyl (C=O) groups is 1. The number of hydrogen-bond donors (Lipinski definition) is 2. The van der Waals surface area contributed by atoms with Crippen molar-refractivity contribution in [3.05, 3.63) is 30.1 Å². The van der Waals surface area contributed by atoms with Gasteiger partial charge in [0.2, 0.25) is 11.1 Å². The summed E-state index contributed by atoms with van der Waals surface area (Å²) in [6.07, 6.45) is 6.01. The average Bonchev–Trinajstić information content (AvgIpc) is 3.27. The molecule has 140 valence electrons. The van der Waals surface area contributed by atoms with Gasteiger partial charge in [0.25, 0.3) is 5.76 Å². The highest BCUT2D eigenvalue weighted by atomic mass is 32.2. The Kier molecular flexibility index (Phi) is 6.90. The summed E-state index contributed by atoms with van der Waals surface area (Å²) in [4.78, 5) is 16.9. The van der Waals surface area contributed by atoms with Gasteiger partial charge in [0.05, 0.1) is 5.75 Å². The molecule has 1 aliphatic rings. The van der Waals surface area contributed by atoms with Crippen molar-refractivity contribution >= 4 is 35.1 Å². The SMILES string of the molecule is O=C(CSc1n[nH]c(CC2CCCC2)n1)Nc1ccc(SC(F)F)cc1. The Morgan fingerprint density at radius 2 is 2.00 bits per heavy atom. The lowest BCUT2D eigenvalue weighted by Crippen LogP contribution is -2.14. The predicted molar refractivity (Wildman–Crippen MR) is 99.7 cm³/mol. The quantitative estimate of drug-likeness (QED) is 0.637. The van der Waals surface area contributed by atoms with E-state index in [4.69, 9.17) is 0 Å². The molecule has 1 fully saturated rings. The minimum atomic E-state index is -2.45. The molecule has 1 amide bonds. The lowest BCUT2D eigenvalue weighted by Gasteiger charge is -2.05. The van der Waals surface area contributed by atoms with E-state index >= 15 is 0 Å². The van der Waals surface area contributed by atoms with Crippen LogP contribution in [0.15, 0.2) is 34.3 Å². The number of anilines is 1. The van der Waals surface area contributed by atoms with E-state index in [2.05, 4.69) is 20.5 Å². The van der Waals surface area contributed by atoms with Crippen LogP contribution in [0.25, 0.3) is 0 Å². The standard InChI is InChI=1S/C17H20F2N4OS2/c18-16(19)26-13-7-5-12(6-8-13)20-15(24)10-25-17-21-14(22-23-17)9-11-3-1-2-4-11/h5-8,11,16H,1-4,9-10H2,(H,20,24)(H,21,22,23). The van der Waals surface area contributed by atoms with E-state index in [1.165, 1.54) is 37.4 Å². The number of halogens is 2. The molecule has 0 saturated heterocycles. The molecule has 0 unspecified atom stereocenters. The minimum Gasteiger partial charge on any atom is -0.325 e. The first-order valence-electron chi connectivity index (χ1n) is 8.47. The Bertz CT molecular complexity index is 718. The first kappa shape index (κ1) is 19.2. The van der Waals surface area contributed by atoms with Gasteiger partial charge in [0.15, 0.2) is 0 Å². The van der Waals surface area contributed by atoms with Crippen LogP contribution in [0, 0.1) is 5.92 Å². The van der Waals surface area contributed by atoms with Crippen molar-refractivity contribution in [2.75, 3.05) is 11.1 Å². The number of aromatic nitrogens is 3. The highest BCUT2D eigenvalue weighted by molar-refractivity contribution is 8.00. The topological polar surface area (TPSA) is 70.7 Å². The van der Waals surface area contributed by atoms with Gasteiger partial charge in [-0.15, -0.1) is 5.10 Å². The fourth-order valence-electron chi connectivity index (χ4n) is 2.97. The molecule has 2 aromatic rings. The number of rotatable bonds is 8. The Morgan fingerprint density at radius 3 is 2.69 bits per heavy atom. The third-order valence-corrected chi connectivity index (χ3v) is 5.73. The van der Waals surface area contributed by atoms with Gasteiger partial charge < -0.3 is 5.32 Å². The second kappa shape index (κ2) is 9.36. The molecule has 1 aromatic carbocycles. The van der Waals surface area contributed by atoms with E-state index < -0.39 is 5.76 Å². The molecule has 2 N–H and O–H groups in total. The highest BCUT2D eigenvalue weighted by Gasteiger charge is 2.17. The van der Waals surface area contributed by atoms with Crippen molar-refractivity contribution in [2.24, 2.45) is 5.92 Å². The third kappa shape index (κ3) is 5.98. The van der Waals surface area contributed by atoms with E-state index in [0.29, 0.717) is 33.4 Å². The van der Waals surface area contributed by atoms with Gasteiger partial charge in [-0.25, -0.2) is 4.98 Å². The summed E-state index contributed by atoms with van der Waals surface area (Å²) in [5.74, 6) is -0.880. The number of thioether (sulfide) groups is 2. The molecule has 0 bridgehead atoms. The predicted octanol–water partition coefficient (Wildman–Crippen LogP) is 4.58. The van der Waals surface area contributed by atoms with Crippen LogP contribution in [0.5, 0.6) is 0 Å². The van der Waals surface area contributed by atoms with E-state index in [0.717, 1.165) is 12.2 Å². The van der Waals surface area contributed by atoms with Gasteiger partial charge in [-0.3, -0.25) is 9.89 Å². The number of nitrogens with zero attached hydrogens (tertiary/aromatic N) is 2. The molecular formula is C17H20F2N4OS2. The van der Waals surface area contributed by atoms with E-state index in [-0.39, 0.29) is 11.7 Å². The smallest absolute Gasteiger partial charge is 0.288 e. The molecule has 26 heavy (non-hydrogen) atoms. The zero-order valence-electron chi connectivity index (χ0n) is 14.1. The van der Waals surface area contributed by atoms with Crippen molar-refractivity contribution in [3.63, 3.8) is 0 Å². The Hall–Kier alpha value is -1.61. The van der Waals surface area contributed by atoms with Crippen molar-refractivity contribution in [1.82, 2.24) is 15.2 Å². The molecule has 9 heteroatoms. The largest absolute Gasteiger partial charge is 0.325 e. The highest BCUT2D eigenvalue weighted by Crippen LogP contribution is 2.28. The molecule has 5 nitrogen and oxygen atoms in total. The Labute approximate surface area is 159 Å². The van der Waals surface area contributed by atoms with Crippen molar-refractivity contribution in [2.45, 2.75) is 47.9 Å². The minimum absolute atomic E-state index is 0.189. The van der Waals surface area contributed by atoms with Gasteiger partial charge in [0.1, 0.15) is 5.82 Å². The molecule has 3 rings (SSSR count). The summed E-state index contributed by atoms with van der Waals surface area (Å²) >= 11 is 1.75. The number of hydrogen-bond acceptors (Lipinski definition) is 5. The first-order valence-corrected chi connectivity index (χ1v) is 10.3. The van der Waals surface area contributed by atoms with Crippen LogP contribution < -0.4 is 5.32 Å². The normalized spacial score (nSPS) is 14.9. The van der Waals surface area contributed by atoms with Crippen molar-refractivity contribution in [3.8, 4) is 0 Å². The fourth-order valence-corrected chi connectivity index (χ4v) is 4.08.